The van der Waals surface area contributed by atoms with Gasteiger partial charge in [-0.3, -0.25) is 4.79 Å². The molecule has 0 spiro atoms. The molecule has 1 aromatic carbocycles. The fourth-order valence-electron chi connectivity index (χ4n) is 3.06. The molecular weight excluding hydrogens is 250 g/mol. The van der Waals surface area contributed by atoms with Crippen molar-refractivity contribution in [3.63, 3.8) is 0 Å². The van der Waals surface area contributed by atoms with Crippen LogP contribution < -0.4 is 0 Å². The lowest BCUT2D eigenvalue weighted by atomic mass is 10.00. The molecule has 3 rings (SSSR count). The minimum Gasteiger partial charge on any atom is -0.341 e. The van der Waals surface area contributed by atoms with E-state index in [-0.39, 0.29) is 11.9 Å². The summed E-state index contributed by atoms with van der Waals surface area (Å²) in [5.74, 6) is 0.819. The molecule has 0 N–H and O–H groups in total. The molecule has 20 heavy (non-hydrogen) atoms. The van der Waals surface area contributed by atoms with E-state index in [0.29, 0.717) is 5.92 Å². The van der Waals surface area contributed by atoms with Gasteiger partial charge in [-0.25, -0.2) is 4.98 Å². The zero-order chi connectivity index (χ0) is 14.1. The standard InChI is InChI=1S/C16H21N3O/c1-12-6-5-9-18(10-12)16(20)13(2)19-11-17-14-7-3-4-8-15(14)19/h3-4,7-8,11-13H,5-6,9-10H2,1-2H3. The highest BCUT2D eigenvalue weighted by Crippen LogP contribution is 2.22. The molecule has 4 heteroatoms. The molecule has 1 aliphatic heterocycles. The summed E-state index contributed by atoms with van der Waals surface area (Å²) in [6.07, 6.45) is 4.12. The molecule has 2 aromatic rings. The number of hydrogen-bond donors (Lipinski definition) is 0. The van der Waals surface area contributed by atoms with Gasteiger partial charge in [-0.05, 0) is 37.8 Å². The maximum atomic E-state index is 12.7. The number of imidazole rings is 1. The minimum atomic E-state index is -0.187. The van der Waals surface area contributed by atoms with Crippen LogP contribution in [0.2, 0.25) is 0 Å². The van der Waals surface area contributed by atoms with Crippen molar-refractivity contribution >= 4 is 16.9 Å². The second kappa shape index (κ2) is 5.27. The van der Waals surface area contributed by atoms with Crippen LogP contribution in [0.1, 0.15) is 32.7 Å². The largest absolute Gasteiger partial charge is 0.341 e. The Bertz CT molecular complexity index is 619. The first-order valence-corrected chi connectivity index (χ1v) is 7.37. The summed E-state index contributed by atoms with van der Waals surface area (Å²) >= 11 is 0. The molecule has 2 unspecified atom stereocenters. The third-order valence-corrected chi connectivity index (χ3v) is 4.22. The summed E-state index contributed by atoms with van der Waals surface area (Å²) in [4.78, 5) is 19.0. The van der Waals surface area contributed by atoms with E-state index in [0.717, 1.165) is 30.5 Å². The summed E-state index contributed by atoms with van der Waals surface area (Å²) in [5.41, 5.74) is 1.97. The number of carbonyl (C=O) groups is 1. The van der Waals surface area contributed by atoms with E-state index in [1.807, 2.05) is 40.7 Å². The van der Waals surface area contributed by atoms with Crippen LogP contribution in [-0.2, 0) is 4.79 Å². The second-order valence-electron chi connectivity index (χ2n) is 5.85. The summed E-state index contributed by atoms with van der Waals surface area (Å²) in [6, 6.07) is 7.77. The Morgan fingerprint density at radius 2 is 2.20 bits per heavy atom. The highest BCUT2D eigenvalue weighted by Gasteiger charge is 2.26. The van der Waals surface area contributed by atoms with Gasteiger partial charge in [0.2, 0.25) is 5.91 Å². The molecule has 0 bridgehead atoms. The van der Waals surface area contributed by atoms with Crippen LogP contribution in [0.3, 0.4) is 0 Å². The highest BCUT2D eigenvalue weighted by atomic mass is 16.2. The Kier molecular flexibility index (Phi) is 3.47. The number of para-hydroxylation sites is 2. The monoisotopic (exact) mass is 271 g/mol. The third-order valence-electron chi connectivity index (χ3n) is 4.22. The number of aromatic nitrogens is 2. The maximum Gasteiger partial charge on any atom is 0.245 e. The SMILES string of the molecule is CC1CCCN(C(=O)C(C)n2cnc3ccccc32)C1. The molecule has 0 aliphatic carbocycles. The number of piperidine rings is 1. The van der Waals surface area contributed by atoms with Crippen molar-refractivity contribution < 1.29 is 4.79 Å². The topological polar surface area (TPSA) is 38.1 Å². The lowest BCUT2D eigenvalue weighted by molar-refractivity contribution is -0.135. The van der Waals surface area contributed by atoms with Crippen molar-refractivity contribution in [1.29, 1.82) is 0 Å². The molecule has 0 saturated carbocycles. The molecule has 1 saturated heterocycles. The Morgan fingerprint density at radius 3 is 3.00 bits per heavy atom. The highest BCUT2D eigenvalue weighted by molar-refractivity contribution is 5.83. The molecule has 4 nitrogen and oxygen atoms in total. The van der Waals surface area contributed by atoms with Crippen molar-refractivity contribution in [2.75, 3.05) is 13.1 Å². The van der Waals surface area contributed by atoms with Crippen molar-refractivity contribution in [1.82, 2.24) is 14.5 Å². The average Bonchev–Trinajstić information content (AvgIpc) is 2.89. The van der Waals surface area contributed by atoms with E-state index in [4.69, 9.17) is 0 Å². The second-order valence-corrected chi connectivity index (χ2v) is 5.85. The molecule has 1 aromatic heterocycles. The summed E-state index contributed by atoms with van der Waals surface area (Å²) in [6.45, 7) is 5.96. The lowest BCUT2D eigenvalue weighted by Crippen LogP contribution is -2.42. The van der Waals surface area contributed by atoms with Gasteiger partial charge in [0.25, 0.3) is 0 Å². The van der Waals surface area contributed by atoms with E-state index in [9.17, 15) is 4.79 Å². The summed E-state index contributed by atoms with van der Waals surface area (Å²) < 4.78 is 1.98. The van der Waals surface area contributed by atoms with Crippen LogP contribution >= 0.6 is 0 Å². The Hall–Kier alpha value is -1.84. The Morgan fingerprint density at radius 1 is 1.40 bits per heavy atom. The number of nitrogens with zero attached hydrogens (tertiary/aromatic N) is 3. The first-order chi connectivity index (χ1) is 9.66. The normalized spacial score (nSPS) is 21.1. The molecular formula is C16H21N3O. The summed E-state index contributed by atoms with van der Waals surface area (Å²) in [7, 11) is 0. The van der Waals surface area contributed by atoms with Crippen molar-refractivity contribution in [3.8, 4) is 0 Å². The van der Waals surface area contributed by atoms with Gasteiger partial charge in [0.15, 0.2) is 0 Å². The van der Waals surface area contributed by atoms with E-state index in [1.54, 1.807) is 6.33 Å². The number of carbonyl (C=O) groups excluding carboxylic acids is 1. The van der Waals surface area contributed by atoms with Crippen LogP contribution in [0.4, 0.5) is 0 Å². The van der Waals surface area contributed by atoms with Gasteiger partial charge < -0.3 is 9.47 Å². The number of benzene rings is 1. The van der Waals surface area contributed by atoms with Gasteiger partial charge in [-0.15, -0.1) is 0 Å². The van der Waals surface area contributed by atoms with Gasteiger partial charge in [0.05, 0.1) is 17.4 Å². The Balaban J connectivity index is 1.84. The fourth-order valence-corrected chi connectivity index (χ4v) is 3.06. The zero-order valence-electron chi connectivity index (χ0n) is 12.1. The zero-order valence-corrected chi connectivity index (χ0v) is 12.1. The van der Waals surface area contributed by atoms with E-state index in [1.165, 1.54) is 6.42 Å². The molecule has 0 radical (unpaired) electrons. The molecule has 106 valence electrons. The predicted molar refractivity (Wildman–Crippen MR) is 79.4 cm³/mol. The fraction of sp³-hybridized carbons (Fsp3) is 0.500. The van der Waals surface area contributed by atoms with Gasteiger partial charge in [0, 0.05) is 13.1 Å². The number of amides is 1. The number of fused-ring (bicyclic) bond motifs is 1. The molecule has 2 atom stereocenters. The predicted octanol–water partition coefficient (Wildman–Crippen LogP) is 2.86. The molecule has 2 heterocycles. The smallest absolute Gasteiger partial charge is 0.245 e. The van der Waals surface area contributed by atoms with Gasteiger partial charge >= 0.3 is 0 Å². The summed E-state index contributed by atoms with van der Waals surface area (Å²) in [5, 5.41) is 0. The number of likely N-dealkylation sites (tertiary alicyclic amines) is 1. The lowest BCUT2D eigenvalue weighted by Gasteiger charge is -2.33. The number of rotatable bonds is 2. The molecule has 1 amide bonds. The molecule has 1 fully saturated rings. The van der Waals surface area contributed by atoms with Gasteiger partial charge in [0.1, 0.15) is 6.04 Å². The van der Waals surface area contributed by atoms with Crippen molar-refractivity contribution in [2.24, 2.45) is 5.92 Å². The molecule has 1 aliphatic rings. The van der Waals surface area contributed by atoms with E-state index in [2.05, 4.69) is 11.9 Å². The van der Waals surface area contributed by atoms with E-state index < -0.39 is 0 Å². The average molecular weight is 271 g/mol. The number of hydrogen-bond acceptors (Lipinski definition) is 2. The first kappa shape index (κ1) is 13.2. The van der Waals surface area contributed by atoms with Crippen LogP contribution in [0.15, 0.2) is 30.6 Å². The van der Waals surface area contributed by atoms with Crippen molar-refractivity contribution in [3.05, 3.63) is 30.6 Å². The minimum absolute atomic E-state index is 0.187. The van der Waals surface area contributed by atoms with E-state index >= 15 is 0 Å². The maximum absolute atomic E-state index is 12.7. The van der Waals surface area contributed by atoms with Crippen molar-refractivity contribution in [2.45, 2.75) is 32.7 Å². The van der Waals surface area contributed by atoms with Crippen LogP contribution in [0, 0.1) is 5.92 Å². The quantitative estimate of drug-likeness (QED) is 0.842. The van der Waals surface area contributed by atoms with Crippen LogP contribution in [0.25, 0.3) is 11.0 Å². The van der Waals surface area contributed by atoms with Crippen LogP contribution in [-0.4, -0.2) is 33.4 Å². The first-order valence-electron chi connectivity index (χ1n) is 7.37. The van der Waals surface area contributed by atoms with Crippen LogP contribution in [0.5, 0.6) is 0 Å². The third kappa shape index (κ3) is 2.30. The Labute approximate surface area is 119 Å². The van der Waals surface area contributed by atoms with Gasteiger partial charge in [-0.2, -0.15) is 0 Å². The van der Waals surface area contributed by atoms with Gasteiger partial charge in [-0.1, -0.05) is 19.1 Å².